The van der Waals surface area contributed by atoms with Crippen LogP contribution in [0.1, 0.15) is 38.7 Å². The molecule has 0 atom stereocenters. The standard InChI is InChI=1S/C26H25N5O3/c1-17-11-12-18(2)29(17)23-8-5-7-21(14-23)26(32)28-27-16-22-13-19(3)30(20(22)4)24-9-6-10-25(15-24)31(33)34/h5-16H,1-4H3,(H,28,32)/b27-16+. The second kappa shape index (κ2) is 9.19. The second-order valence-corrected chi connectivity index (χ2v) is 8.14. The average Bonchev–Trinajstić information content (AvgIpc) is 3.30. The van der Waals surface area contributed by atoms with Crippen LogP contribution in [0.2, 0.25) is 0 Å². The molecule has 0 saturated heterocycles. The van der Waals surface area contributed by atoms with E-state index in [-0.39, 0.29) is 11.6 Å². The number of hydrogen-bond acceptors (Lipinski definition) is 4. The summed E-state index contributed by atoms with van der Waals surface area (Å²) in [4.78, 5) is 23.4. The van der Waals surface area contributed by atoms with Crippen LogP contribution in [-0.2, 0) is 0 Å². The van der Waals surface area contributed by atoms with E-state index in [1.54, 1.807) is 18.3 Å². The summed E-state index contributed by atoms with van der Waals surface area (Å²) in [6.07, 6.45) is 1.58. The molecule has 0 bridgehead atoms. The van der Waals surface area contributed by atoms with Crippen LogP contribution in [-0.4, -0.2) is 26.2 Å². The minimum absolute atomic E-state index is 0.0278. The predicted molar refractivity (Wildman–Crippen MR) is 132 cm³/mol. The Morgan fingerprint density at radius 1 is 0.882 bits per heavy atom. The van der Waals surface area contributed by atoms with Gasteiger partial charge in [0.15, 0.2) is 0 Å². The molecule has 0 spiro atoms. The van der Waals surface area contributed by atoms with E-state index in [1.807, 2.05) is 74.7 Å². The maximum absolute atomic E-state index is 12.7. The third kappa shape index (κ3) is 4.38. The van der Waals surface area contributed by atoms with Crippen LogP contribution in [0.15, 0.2) is 71.8 Å². The number of nitrogens with zero attached hydrogens (tertiary/aromatic N) is 4. The zero-order valence-electron chi connectivity index (χ0n) is 19.4. The van der Waals surface area contributed by atoms with Gasteiger partial charge in [0.25, 0.3) is 11.6 Å². The summed E-state index contributed by atoms with van der Waals surface area (Å²) in [5.74, 6) is -0.312. The first kappa shape index (κ1) is 22.7. The number of carbonyl (C=O) groups is 1. The second-order valence-electron chi connectivity index (χ2n) is 8.14. The van der Waals surface area contributed by atoms with Crippen LogP contribution in [0.3, 0.4) is 0 Å². The summed E-state index contributed by atoms with van der Waals surface area (Å²) in [5.41, 5.74) is 9.47. The van der Waals surface area contributed by atoms with Crippen LogP contribution in [0.4, 0.5) is 5.69 Å². The molecular weight excluding hydrogens is 430 g/mol. The molecule has 1 N–H and O–H groups in total. The molecule has 0 aliphatic heterocycles. The van der Waals surface area contributed by atoms with E-state index in [9.17, 15) is 14.9 Å². The van der Waals surface area contributed by atoms with Gasteiger partial charge in [-0.2, -0.15) is 5.10 Å². The SMILES string of the molecule is Cc1ccc(C)n1-c1cccc(C(=O)N/N=C/c2cc(C)n(-c3cccc([N+](=O)[O-])c3)c2C)c1. The fraction of sp³-hybridized carbons (Fsp3) is 0.154. The maximum Gasteiger partial charge on any atom is 0.271 e. The molecule has 0 unspecified atom stereocenters. The molecule has 0 radical (unpaired) electrons. The monoisotopic (exact) mass is 455 g/mol. The molecule has 1 amide bonds. The van der Waals surface area contributed by atoms with E-state index in [1.165, 1.54) is 12.1 Å². The number of nitrogens with one attached hydrogen (secondary N) is 1. The fourth-order valence-electron chi connectivity index (χ4n) is 4.15. The van der Waals surface area contributed by atoms with Gasteiger partial charge in [-0.25, -0.2) is 5.43 Å². The number of rotatable bonds is 6. The number of nitro groups is 1. The number of hydrogen-bond donors (Lipinski definition) is 1. The van der Waals surface area contributed by atoms with Crippen molar-refractivity contribution < 1.29 is 9.72 Å². The largest absolute Gasteiger partial charge is 0.318 e. The van der Waals surface area contributed by atoms with Gasteiger partial charge < -0.3 is 9.13 Å². The molecule has 172 valence electrons. The lowest BCUT2D eigenvalue weighted by Crippen LogP contribution is -2.18. The summed E-state index contributed by atoms with van der Waals surface area (Å²) in [6.45, 7) is 7.86. The van der Waals surface area contributed by atoms with Crippen molar-refractivity contribution in [3.8, 4) is 11.4 Å². The number of non-ortho nitro benzene ring substituents is 1. The van der Waals surface area contributed by atoms with Gasteiger partial charge in [0.1, 0.15) is 0 Å². The number of nitro benzene ring substituents is 1. The molecule has 2 aromatic heterocycles. The molecule has 0 fully saturated rings. The van der Waals surface area contributed by atoms with Crippen molar-refractivity contribution in [1.29, 1.82) is 0 Å². The highest BCUT2D eigenvalue weighted by Crippen LogP contribution is 2.23. The zero-order chi connectivity index (χ0) is 24.4. The lowest BCUT2D eigenvalue weighted by Gasteiger charge is -2.10. The molecular formula is C26H25N5O3. The number of amides is 1. The third-order valence-corrected chi connectivity index (χ3v) is 5.78. The van der Waals surface area contributed by atoms with Gasteiger partial charge >= 0.3 is 0 Å². The van der Waals surface area contributed by atoms with Gasteiger partial charge in [-0.1, -0.05) is 12.1 Å². The van der Waals surface area contributed by atoms with Gasteiger partial charge in [0.2, 0.25) is 0 Å². The topological polar surface area (TPSA) is 94.5 Å². The fourth-order valence-corrected chi connectivity index (χ4v) is 4.15. The van der Waals surface area contributed by atoms with Crippen molar-refractivity contribution in [3.63, 3.8) is 0 Å². The highest BCUT2D eigenvalue weighted by Gasteiger charge is 2.13. The first-order valence-electron chi connectivity index (χ1n) is 10.8. The Hall–Kier alpha value is -4.46. The summed E-state index contributed by atoms with van der Waals surface area (Å²) in [5, 5.41) is 15.3. The highest BCUT2D eigenvalue weighted by atomic mass is 16.6. The van der Waals surface area contributed by atoms with Gasteiger partial charge in [-0.05, 0) is 70.2 Å². The minimum Gasteiger partial charge on any atom is -0.318 e. The Morgan fingerprint density at radius 3 is 2.21 bits per heavy atom. The lowest BCUT2D eigenvalue weighted by molar-refractivity contribution is -0.384. The van der Waals surface area contributed by atoms with Crippen molar-refractivity contribution in [2.24, 2.45) is 5.10 Å². The van der Waals surface area contributed by atoms with Crippen molar-refractivity contribution in [1.82, 2.24) is 14.6 Å². The summed E-state index contributed by atoms with van der Waals surface area (Å²) in [7, 11) is 0. The number of aromatic nitrogens is 2. The molecule has 4 aromatic rings. The Morgan fingerprint density at radius 2 is 1.53 bits per heavy atom. The van der Waals surface area contributed by atoms with Crippen LogP contribution < -0.4 is 5.43 Å². The Kier molecular flexibility index (Phi) is 6.14. The van der Waals surface area contributed by atoms with Crippen LogP contribution in [0, 0.1) is 37.8 Å². The summed E-state index contributed by atoms with van der Waals surface area (Å²) in [6, 6.07) is 19.8. The molecule has 8 nitrogen and oxygen atoms in total. The molecule has 0 aliphatic carbocycles. The average molecular weight is 456 g/mol. The summed E-state index contributed by atoms with van der Waals surface area (Å²) >= 11 is 0. The Labute approximate surface area is 197 Å². The molecule has 0 aliphatic rings. The molecule has 8 heteroatoms. The maximum atomic E-state index is 12.7. The van der Waals surface area contributed by atoms with Gasteiger partial charge in [-0.15, -0.1) is 0 Å². The highest BCUT2D eigenvalue weighted by molar-refractivity contribution is 5.95. The van der Waals surface area contributed by atoms with E-state index < -0.39 is 4.92 Å². The molecule has 2 aromatic carbocycles. The zero-order valence-corrected chi connectivity index (χ0v) is 19.4. The third-order valence-electron chi connectivity index (χ3n) is 5.78. The lowest BCUT2D eigenvalue weighted by atomic mass is 10.2. The van der Waals surface area contributed by atoms with Crippen LogP contribution in [0.25, 0.3) is 11.4 Å². The van der Waals surface area contributed by atoms with E-state index in [2.05, 4.69) is 15.1 Å². The number of benzene rings is 2. The van der Waals surface area contributed by atoms with E-state index >= 15 is 0 Å². The number of aryl methyl sites for hydroxylation is 3. The van der Waals surface area contributed by atoms with Gasteiger partial charge in [0.05, 0.1) is 16.8 Å². The quantitative estimate of drug-likeness (QED) is 0.247. The van der Waals surface area contributed by atoms with E-state index in [0.717, 1.165) is 34.0 Å². The van der Waals surface area contributed by atoms with Crippen LogP contribution >= 0.6 is 0 Å². The predicted octanol–water partition coefficient (Wildman–Crippen LogP) is 5.17. The Bertz CT molecular complexity index is 1410. The Balaban J connectivity index is 1.53. The van der Waals surface area contributed by atoms with Gasteiger partial charge in [0, 0.05) is 51.7 Å². The normalized spacial score (nSPS) is 11.2. The molecule has 2 heterocycles. The van der Waals surface area contributed by atoms with E-state index in [0.29, 0.717) is 11.3 Å². The molecule has 4 rings (SSSR count). The number of carbonyl (C=O) groups excluding carboxylic acids is 1. The number of hydrazone groups is 1. The van der Waals surface area contributed by atoms with Crippen LogP contribution in [0.5, 0.6) is 0 Å². The van der Waals surface area contributed by atoms with Gasteiger partial charge in [-0.3, -0.25) is 14.9 Å². The molecule has 34 heavy (non-hydrogen) atoms. The first-order chi connectivity index (χ1) is 16.3. The van der Waals surface area contributed by atoms with Crippen molar-refractivity contribution in [2.75, 3.05) is 0 Å². The van der Waals surface area contributed by atoms with E-state index in [4.69, 9.17) is 0 Å². The van der Waals surface area contributed by atoms with Crippen molar-refractivity contribution in [2.45, 2.75) is 27.7 Å². The minimum atomic E-state index is -0.413. The molecule has 0 saturated carbocycles. The van der Waals surface area contributed by atoms with Crippen molar-refractivity contribution >= 4 is 17.8 Å². The summed E-state index contributed by atoms with van der Waals surface area (Å²) < 4.78 is 4.00. The van der Waals surface area contributed by atoms with Crippen molar-refractivity contribution in [3.05, 3.63) is 111 Å². The smallest absolute Gasteiger partial charge is 0.271 e. The first-order valence-corrected chi connectivity index (χ1v) is 10.8.